The summed E-state index contributed by atoms with van der Waals surface area (Å²) in [6.45, 7) is 4.09. The van der Waals surface area contributed by atoms with Gasteiger partial charge in [0.2, 0.25) is 0 Å². The normalized spacial score (nSPS) is 10.1. The molecule has 112 valence electrons. The highest BCUT2D eigenvalue weighted by molar-refractivity contribution is 5.70. The number of pyridine rings is 2. The fourth-order valence-electron chi connectivity index (χ4n) is 2.52. The maximum Gasteiger partial charge on any atom is 0.148 e. The third kappa shape index (κ3) is 3.35. The Hall–Kier alpha value is -3.19. The predicted octanol–water partition coefficient (Wildman–Crippen LogP) is 4.38. The van der Waals surface area contributed by atoms with E-state index in [0.29, 0.717) is 11.4 Å². The number of hydrogen-bond acceptors (Lipinski definition) is 4. The molecular formula is C19H16N4. The summed E-state index contributed by atoms with van der Waals surface area (Å²) < 4.78 is 0. The SMILES string of the molecule is Cc1cc(C)cc(Nc2ncc(-c3cccnc3)cc2C#N)c1. The number of aryl methyl sites for hydroxylation is 2. The third-order valence-corrected chi connectivity index (χ3v) is 3.49. The topological polar surface area (TPSA) is 61.6 Å². The molecule has 3 aromatic rings. The second kappa shape index (κ2) is 6.29. The number of benzene rings is 1. The Labute approximate surface area is 135 Å². The molecule has 0 spiro atoms. The summed E-state index contributed by atoms with van der Waals surface area (Å²) in [5, 5.41) is 12.7. The summed E-state index contributed by atoms with van der Waals surface area (Å²) in [6, 6.07) is 14.0. The first-order chi connectivity index (χ1) is 11.2. The van der Waals surface area contributed by atoms with Crippen molar-refractivity contribution >= 4 is 11.5 Å². The first-order valence-corrected chi connectivity index (χ1v) is 7.31. The highest BCUT2D eigenvalue weighted by atomic mass is 15.0. The standard InChI is InChI=1S/C19H16N4/c1-13-6-14(2)8-18(7-13)23-19-16(10-20)9-17(12-22-19)15-4-3-5-21-11-15/h3-9,11-12H,1-2H3,(H,22,23). The molecule has 0 aliphatic carbocycles. The molecule has 4 heteroatoms. The second-order valence-electron chi connectivity index (χ2n) is 5.48. The summed E-state index contributed by atoms with van der Waals surface area (Å²) in [7, 11) is 0. The monoisotopic (exact) mass is 300 g/mol. The Morgan fingerprint density at radius 3 is 2.43 bits per heavy atom. The van der Waals surface area contributed by atoms with Crippen molar-refractivity contribution in [1.29, 1.82) is 5.26 Å². The zero-order valence-electron chi connectivity index (χ0n) is 13.0. The van der Waals surface area contributed by atoms with Crippen molar-refractivity contribution in [2.45, 2.75) is 13.8 Å². The molecule has 0 saturated heterocycles. The van der Waals surface area contributed by atoms with E-state index in [1.165, 1.54) is 0 Å². The van der Waals surface area contributed by atoms with Crippen LogP contribution in [0.5, 0.6) is 0 Å². The van der Waals surface area contributed by atoms with E-state index in [1.807, 2.05) is 44.2 Å². The van der Waals surface area contributed by atoms with Gasteiger partial charge in [0.25, 0.3) is 0 Å². The van der Waals surface area contributed by atoms with Crippen LogP contribution < -0.4 is 5.32 Å². The van der Waals surface area contributed by atoms with Gasteiger partial charge < -0.3 is 5.32 Å². The highest BCUT2D eigenvalue weighted by Crippen LogP contribution is 2.25. The molecule has 0 aliphatic rings. The average molecular weight is 300 g/mol. The van der Waals surface area contributed by atoms with Crippen LogP contribution in [0.4, 0.5) is 11.5 Å². The molecule has 0 amide bonds. The van der Waals surface area contributed by atoms with E-state index < -0.39 is 0 Å². The Kier molecular flexibility index (Phi) is 4.03. The predicted molar refractivity (Wildman–Crippen MR) is 91.4 cm³/mol. The van der Waals surface area contributed by atoms with Gasteiger partial charge in [0.05, 0.1) is 5.56 Å². The number of nitrogens with zero attached hydrogens (tertiary/aromatic N) is 3. The second-order valence-corrected chi connectivity index (χ2v) is 5.48. The van der Waals surface area contributed by atoms with Gasteiger partial charge >= 0.3 is 0 Å². The van der Waals surface area contributed by atoms with Crippen LogP contribution in [-0.4, -0.2) is 9.97 Å². The van der Waals surface area contributed by atoms with E-state index in [0.717, 1.165) is 27.9 Å². The van der Waals surface area contributed by atoms with Crippen LogP contribution in [-0.2, 0) is 0 Å². The number of nitriles is 1. The van der Waals surface area contributed by atoms with Gasteiger partial charge in [0.15, 0.2) is 0 Å². The van der Waals surface area contributed by atoms with Gasteiger partial charge in [-0.3, -0.25) is 4.98 Å². The molecular weight excluding hydrogens is 284 g/mol. The molecule has 0 bridgehead atoms. The van der Waals surface area contributed by atoms with Gasteiger partial charge in [0, 0.05) is 35.4 Å². The number of hydrogen-bond donors (Lipinski definition) is 1. The Balaban J connectivity index is 1.96. The molecule has 0 saturated carbocycles. The summed E-state index contributed by atoms with van der Waals surface area (Å²) in [5.74, 6) is 0.560. The lowest BCUT2D eigenvalue weighted by atomic mass is 10.1. The largest absolute Gasteiger partial charge is 0.339 e. The van der Waals surface area contributed by atoms with Gasteiger partial charge in [-0.2, -0.15) is 5.26 Å². The zero-order chi connectivity index (χ0) is 16.2. The Morgan fingerprint density at radius 1 is 1.00 bits per heavy atom. The van der Waals surface area contributed by atoms with Gasteiger partial charge in [-0.05, 0) is 49.2 Å². The van der Waals surface area contributed by atoms with Crippen molar-refractivity contribution in [3.05, 3.63) is 71.7 Å². The van der Waals surface area contributed by atoms with E-state index in [9.17, 15) is 5.26 Å². The third-order valence-electron chi connectivity index (χ3n) is 3.49. The Morgan fingerprint density at radius 2 is 1.78 bits per heavy atom. The lowest BCUT2D eigenvalue weighted by Gasteiger charge is -2.10. The lowest BCUT2D eigenvalue weighted by molar-refractivity contribution is 1.27. The lowest BCUT2D eigenvalue weighted by Crippen LogP contribution is -1.98. The van der Waals surface area contributed by atoms with Crippen molar-refractivity contribution < 1.29 is 0 Å². The summed E-state index contributed by atoms with van der Waals surface area (Å²) >= 11 is 0. The minimum absolute atomic E-state index is 0.505. The molecule has 0 atom stereocenters. The summed E-state index contributed by atoms with van der Waals surface area (Å²) in [6.07, 6.45) is 5.23. The molecule has 4 nitrogen and oxygen atoms in total. The van der Waals surface area contributed by atoms with Crippen LogP contribution >= 0.6 is 0 Å². The number of nitrogens with one attached hydrogen (secondary N) is 1. The van der Waals surface area contributed by atoms with E-state index in [1.54, 1.807) is 18.6 Å². The molecule has 23 heavy (non-hydrogen) atoms. The van der Waals surface area contributed by atoms with Gasteiger partial charge in [-0.15, -0.1) is 0 Å². The highest BCUT2D eigenvalue weighted by Gasteiger charge is 2.08. The maximum absolute atomic E-state index is 9.43. The van der Waals surface area contributed by atoms with E-state index in [-0.39, 0.29) is 0 Å². The number of rotatable bonds is 3. The van der Waals surface area contributed by atoms with Gasteiger partial charge in [0.1, 0.15) is 11.9 Å². The van der Waals surface area contributed by atoms with Crippen LogP contribution in [0, 0.1) is 25.2 Å². The summed E-state index contributed by atoms with van der Waals surface area (Å²) in [5.41, 5.74) is 5.58. The molecule has 0 unspecified atom stereocenters. The fourth-order valence-corrected chi connectivity index (χ4v) is 2.52. The Bertz CT molecular complexity index is 859. The van der Waals surface area contributed by atoms with Crippen molar-refractivity contribution in [3.8, 4) is 17.2 Å². The minimum Gasteiger partial charge on any atom is -0.339 e. The van der Waals surface area contributed by atoms with E-state index >= 15 is 0 Å². The molecule has 1 aromatic carbocycles. The summed E-state index contributed by atoms with van der Waals surface area (Å²) in [4.78, 5) is 8.52. The van der Waals surface area contributed by atoms with Crippen LogP contribution in [0.25, 0.3) is 11.1 Å². The number of aromatic nitrogens is 2. The molecule has 3 rings (SSSR count). The van der Waals surface area contributed by atoms with E-state index in [2.05, 4.69) is 27.4 Å². The van der Waals surface area contributed by atoms with Crippen molar-refractivity contribution in [3.63, 3.8) is 0 Å². The van der Waals surface area contributed by atoms with Gasteiger partial charge in [-0.1, -0.05) is 12.1 Å². The van der Waals surface area contributed by atoms with E-state index in [4.69, 9.17) is 0 Å². The molecule has 2 heterocycles. The molecule has 0 fully saturated rings. The van der Waals surface area contributed by atoms with Crippen molar-refractivity contribution in [2.75, 3.05) is 5.32 Å². The molecule has 0 radical (unpaired) electrons. The first-order valence-electron chi connectivity index (χ1n) is 7.31. The molecule has 2 aromatic heterocycles. The fraction of sp³-hybridized carbons (Fsp3) is 0.105. The smallest absolute Gasteiger partial charge is 0.148 e. The molecule has 0 aliphatic heterocycles. The van der Waals surface area contributed by atoms with Crippen molar-refractivity contribution in [2.24, 2.45) is 0 Å². The molecule has 1 N–H and O–H groups in total. The average Bonchev–Trinajstić information content (AvgIpc) is 2.55. The first kappa shape index (κ1) is 14.7. The zero-order valence-corrected chi connectivity index (χ0v) is 13.0. The maximum atomic E-state index is 9.43. The quantitative estimate of drug-likeness (QED) is 0.780. The van der Waals surface area contributed by atoms with Crippen LogP contribution in [0.15, 0.2) is 55.0 Å². The number of anilines is 2. The minimum atomic E-state index is 0.505. The van der Waals surface area contributed by atoms with Crippen LogP contribution in [0.2, 0.25) is 0 Å². The van der Waals surface area contributed by atoms with Crippen LogP contribution in [0.3, 0.4) is 0 Å². The van der Waals surface area contributed by atoms with Crippen molar-refractivity contribution in [1.82, 2.24) is 9.97 Å². The van der Waals surface area contributed by atoms with Crippen LogP contribution in [0.1, 0.15) is 16.7 Å². The van der Waals surface area contributed by atoms with Gasteiger partial charge in [-0.25, -0.2) is 4.98 Å².